The number of hydrogen-bond acceptors (Lipinski definition) is 4. The number of hydrogen-bond donors (Lipinski definition) is 1. The summed E-state index contributed by atoms with van der Waals surface area (Å²) in [5, 5.41) is 12.0. The Balaban J connectivity index is 2.22. The minimum atomic E-state index is -3.02. The summed E-state index contributed by atoms with van der Waals surface area (Å²) in [5.41, 5.74) is 1.08. The first-order chi connectivity index (χ1) is 12.9. The van der Waals surface area contributed by atoms with E-state index >= 15 is 0 Å². The number of amides is 1. The molecule has 1 atom stereocenters. The van der Waals surface area contributed by atoms with E-state index in [1.54, 1.807) is 6.92 Å². The van der Waals surface area contributed by atoms with Gasteiger partial charge in [-0.05, 0) is 36.3 Å². The predicted octanol–water partition coefficient (Wildman–Crippen LogP) is 4.08. The number of methoxy groups -OCH3 is 1. The fraction of sp³-hybridized carbons (Fsp3) is 0.200. The predicted molar refractivity (Wildman–Crippen MR) is 96.2 cm³/mol. The van der Waals surface area contributed by atoms with Gasteiger partial charge in [-0.1, -0.05) is 36.4 Å². The van der Waals surface area contributed by atoms with Gasteiger partial charge >= 0.3 is 6.61 Å². The molecule has 0 aromatic heterocycles. The van der Waals surface area contributed by atoms with Crippen molar-refractivity contribution in [3.8, 4) is 17.6 Å². The lowest BCUT2D eigenvalue weighted by Crippen LogP contribution is -2.27. The lowest BCUT2D eigenvalue weighted by atomic mass is 10.1. The molecule has 0 spiro atoms. The van der Waals surface area contributed by atoms with E-state index in [0.717, 1.165) is 5.56 Å². The first-order valence-electron chi connectivity index (χ1n) is 8.05. The van der Waals surface area contributed by atoms with Crippen molar-refractivity contribution in [3.05, 3.63) is 65.2 Å². The molecule has 0 unspecified atom stereocenters. The Morgan fingerprint density at radius 2 is 1.89 bits per heavy atom. The lowest BCUT2D eigenvalue weighted by molar-refractivity contribution is -0.117. The van der Waals surface area contributed by atoms with Crippen molar-refractivity contribution in [1.82, 2.24) is 5.32 Å². The Kier molecular flexibility index (Phi) is 6.89. The molecule has 0 saturated heterocycles. The number of rotatable bonds is 7. The van der Waals surface area contributed by atoms with Crippen LogP contribution in [0.2, 0.25) is 0 Å². The highest BCUT2D eigenvalue weighted by molar-refractivity contribution is 6.01. The van der Waals surface area contributed by atoms with E-state index in [1.165, 1.54) is 31.4 Å². The number of ether oxygens (including phenoxy) is 2. The molecule has 2 rings (SSSR count). The first-order valence-corrected chi connectivity index (χ1v) is 8.05. The van der Waals surface area contributed by atoms with E-state index in [4.69, 9.17) is 4.74 Å². The summed E-state index contributed by atoms with van der Waals surface area (Å²) >= 11 is 0. The zero-order valence-electron chi connectivity index (χ0n) is 14.8. The summed E-state index contributed by atoms with van der Waals surface area (Å²) in [6.45, 7) is -1.23. The van der Waals surface area contributed by atoms with E-state index in [0.29, 0.717) is 5.56 Å². The second-order valence-electron chi connectivity index (χ2n) is 5.56. The van der Waals surface area contributed by atoms with E-state index in [-0.39, 0.29) is 23.1 Å². The zero-order valence-corrected chi connectivity index (χ0v) is 14.8. The number of benzene rings is 2. The molecule has 1 N–H and O–H groups in total. The minimum absolute atomic E-state index is 0.119. The Labute approximate surface area is 155 Å². The highest BCUT2D eigenvalue weighted by Crippen LogP contribution is 2.30. The summed E-state index contributed by atoms with van der Waals surface area (Å²) < 4.78 is 34.4. The van der Waals surface area contributed by atoms with Crippen molar-refractivity contribution in [2.24, 2.45) is 0 Å². The second-order valence-corrected chi connectivity index (χ2v) is 5.56. The molecular formula is C20H18F2N2O3. The molecule has 27 heavy (non-hydrogen) atoms. The molecule has 7 heteroatoms. The van der Waals surface area contributed by atoms with Gasteiger partial charge < -0.3 is 14.8 Å². The number of nitrogens with one attached hydrogen (secondary N) is 1. The maximum Gasteiger partial charge on any atom is 0.387 e. The van der Waals surface area contributed by atoms with Gasteiger partial charge in [-0.2, -0.15) is 14.0 Å². The highest BCUT2D eigenvalue weighted by atomic mass is 19.3. The van der Waals surface area contributed by atoms with Crippen LogP contribution in [0.15, 0.2) is 54.1 Å². The maximum atomic E-state index is 12.5. The number of carbonyl (C=O) groups is 1. The third-order valence-corrected chi connectivity index (χ3v) is 3.73. The number of nitriles is 1. The van der Waals surface area contributed by atoms with Crippen LogP contribution in [0.3, 0.4) is 0 Å². The van der Waals surface area contributed by atoms with Gasteiger partial charge in [0.05, 0.1) is 13.2 Å². The van der Waals surface area contributed by atoms with Crippen molar-refractivity contribution in [2.75, 3.05) is 7.11 Å². The molecule has 0 bridgehead atoms. The molecule has 0 aliphatic carbocycles. The topological polar surface area (TPSA) is 71.3 Å². The maximum absolute atomic E-state index is 12.5. The van der Waals surface area contributed by atoms with Crippen LogP contribution >= 0.6 is 0 Å². The summed E-state index contributed by atoms with van der Waals surface area (Å²) in [4.78, 5) is 12.4. The molecule has 140 valence electrons. The van der Waals surface area contributed by atoms with Gasteiger partial charge in [0.15, 0.2) is 11.5 Å². The Morgan fingerprint density at radius 3 is 2.48 bits per heavy atom. The van der Waals surface area contributed by atoms with Crippen LogP contribution in [0.25, 0.3) is 6.08 Å². The van der Waals surface area contributed by atoms with Crippen LogP contribution in [0.4, 0.5) is 8.78 Å². The quantitative estimate of drug-likeness (QED) is 0.587. The van der Waals surface area contributed by atoms with Crippen molar-refractivity contribution >= 4 is 12.0 Å². The van der Waals surface area contributed by atoms with Crippen LogP contribution in [0.5, 0.6) is 11.5 Å². The van der Waals surface area contributed by atoms with Crippen molar-refractivity contribution in [1.29, 1.82) is 5.26 Å². The van der Waals surface area contributed by atoms with E-state index in [1.807, 2.05) is 36.4 Å². The molecule has 5 nitrogen and oxygen atoms in total. The van der Waals surface area contributed by atoms with Gasteiger partial charge in [0.2, 0.25) is 0 Å². The molecule has 0 heterocycles. The van der Waals surface area contributed by atoms with Gasteiger partial charge in [0.1, 0.15) is 11.6 Å². The Morgan fingerprint density at radius 1 is 1.19 bits per heavy atom. The fourth-order valence-corrected chi connectivity index (χ4v) is 2.39. The SMILES string of the molecule is COc1ccc(/C=C(\C#N)C(=O)N[C@@H](C)c2ccccc2)cc1OC(F)F. The van der Waals surface area contributed by atoms with Gasteiger partial charge in [-0.15, -0.1) is 0 Å². The molecule has 1 amide bonds. The average Bonchev–Trinajstić information content (AvgIpc) is 2.66. The number of nitrogens with zero attached hydrogens (tertiary/aromatic N) is 1. The number of carbonyl (C=O) groups excluding carboxylic acids is 1. The number of alkyl halides is 2. The first kappa shape index (κ1) is 19.9. The monoisotopic (exact) mass is 372 g/mol. The third-order valence-electron chi connectivity index (χ3n) is 3.73. The smallest absolute Gasteiger partial charge is 0.387 e. The average molecular weight is 372 g/mol. The summed E-state index contributed by atoms with van der Waals surface area (Å²) in [7, 11) is 1.32. The minimum Gasteiger partial charge on any atom is -0.493 e. The molecular weight excluding hydrogens is 354 g/mol. The highest BCUT2D eigenvalue weighted by Gasteiger charge is 2.15. The molecule has 2 aromatic rings. The lowest BCUT2D eigenvalue weighted by Gasteiger charge is -2.14. The van der Waals surface area contributed by atoms with Crippen LogP contribution in [-0.2, 0) is 4.79 Å². The van der Waals surface area contributed by atoms with E-state index < -0.39 is 12.5 Å². The summed E-state index contributed by atoms with van der Waals surface area (Å²) in [6, 6.07) is 15.0. The molecule has 0 fully saturated rings. The standard InChI is InChI=1S/C20H18F2N2O3/c1-13(15-6-4-3-5-7-15)24-19(25)16(12-23)10-14-8-9-17(26-2)18(11-14)27-20(21)22/h3-11,13,20H,1-2H3,(H,24,25)/b16-10+/t13-/m0/s1. The Hall–Kier alpha value is -3.40. The molecule has 2 aromatic carbocycles. The van der Waals surface area contributed by atoms with Gasteiger partial charge in [-0.25, -0.2) is 0 Å². The molecule has 0 aliphatic rings. The summed E-state index contributed by atoms with van der Waals surface area (Å²) in [5.74, 6) is -0.634. The third kappa shape index (κ3) is 5.54. The van der Waals surface area contributed by atoms with Crippen molar-refractivity contribution in [2.45, 2.75) is 19.6 Å². The van der Waals surface area contributed by atoms with Crippen LogP contribution in [0.1, 0.15) is 24.1 Å². The molecule has 0 aliphatic heterocycles. The zero-order chi connectivity index (χ0) is 19.8. The van der Waals surface area contributed by atoms with Crippen molar-refractivity contribution in [3.63, 3.8) is 0 Å². The van der Waals surface area contributed by atoms with Crippen LogP contribution in [0, 0.1) is 11.3 Å². The van der Waals surface area contributed by atoms with Gasteiger partial charge in [-0.3, -0.25) is 4.79 Å². The molecule has 0 saturated carbocycles. The fourth-order valence-electron chi connectivity index (χ4n) is 2.39. The van der Waals surface area contributed by atoms with Gasteiger partial charge in [0.25, 0.3) is 5.91 Å². The number of halogens is 2. The largest absolute Gasteiger partial charge is 0.493 e. The normalized spacial score (nSPS) is 12.2. The Bertz CT molecular complexity index is 861. The summed E-state index contributed by atoms with van der Waals surface area (Å²) in [6.07, 6.45) is 1.30. The van der Waals surface area contributed by atoms with Crippen LogP contribution in [-0.4, -0.2) is 19.6 Å². The van der Waals surface area contributed by atoms with Crippen LogP contribution < -0.4 is 14.8 Å². The second kappa shape index (κ2) is 9.34. The van der Waals surface area contributed by atoms with E-state index in [2.05, 4.69) is 10.1 Å². The van der Waals surface area contributed by atoms with Crippen molar-refractivity contribution < 1.29 is 23.0 Å². The van der Waals surface area contributed by atoms with Gasteiger partial charge in [0, 0.05) is 0 Å². The van der Waals surface area contributed by atoms with E-state index in [9.17, 15) is 18.8 Å². The molecule has 0 radical (unpaired) electrons.